The van der Waals surface area contributed by atoms with Crippen LogP contribution in [0.2, 0.25) is 0 Å². The van der Waals surface area contributed by atoms with Crippen molar-refractivity contribution in [3.8, 4) is 33.8 Å². The van der Waals surface area contributed by atoms with Crippen molar-refractivity contribution in [2.45, 2.75) is 6.67 Å². The zero-order valence-corrected chi connectivity index (χ0v) is 18.2. The molecule has 6 aromatic rings. The second-order valence-electron chi connectivity index (χ2n) is 7.96. The first kappa shape index (κ1) is 19.9. The predicted octanol–water partition coefficient (Wildman–Crippen LogP) is 4.59. The Balaban J connectivity index is 1.43. The van der Waals surface area contributed by atoms with E-state index in [4.69, 9.17) is 10.2 Å². The number of fused-ring (bicyclic) bond motifs is 1. The Morgan fingerprint density at radius 1 is 0.706 bits per heavy atom. The van der Waals surface area contributed by atoms with E-state index in [-0.39, 0.29) is 12.2 Å². The minimum absolute atomic E-state index is 0.184. The van der Waals surface area contributed by atoms with Crippen molar-refractivity contribution < 1.29 is 0 Å². The Bertz CT molecular complexity index is 1650. The van der Waals surface area contributed by atoms with Gasteiger partial charge in [0.1, 0.15) is 12.4 Å². The van der Waals surface area contributed by atoms with Gasteiger partial charge < -0.3 is 4.57 Å². The van der Waals surface area contributed by atoms with Crippen molar-refractivity contribution in [2.24, 2.45) is 0 Å². The van der Waals surface area contributed by atoms with Gasteiger partial charge in [0.25, 0.3) is 5.56 Å². The first-order chi connectivity index (χ1) is 16.8. The summed E-state index contributed by atoms with van der Waals surface area (Å²) in [6.45, 7) is 0.256. The molecule has 0 atom stereocenters. The molecule has 7 heteroatoms. The number of imidazole rings is 1. The molecular weight excluding hydrogens is 424 g/mol. The molecule has 0 fully saturated rings. The van der Waals surface area contributed by atoms with Gasteiger partial charge in [-0.3, -0.25) is 4.79 Å². The van der Waals surface area contributed by atoms with Gasteiger partial charge in [-0.1, -0.05) is 66.7 Å². The lowest BCUT2D eigenvalue weighted by atomic mass is 10.0. The number of pyridine rings is 1. The first-order valence-electron chi connectivity index (χ1n) is 10.9. The van der Waals surface area contributed by atoms with E-state index in [2.05, 4.69) is 4.98 Å². The quantitative estimate of drug-likeness (QED) is 0.390. The number of benzene rings is 2. The normalized spacial score (nSPS) is 11.2. The summed E-state index contributed by atoms with van der Waals surface area (Å²) in [5, 5.41) is 9.54. The highest BCUT2D eigenvalue weighted by atomic mass is 16.1. The summed E-state index contributed by atoms with van der Waals surface area (Å²) in [4.78, 5) is 17.2. The molecule has 2 aromatic carbocycles. The molecular formula is C27H20N6O. The molecule has 0 aliphatic heterocycles. The van der Waals surface area contributed by atoms with Crippen molar-refractivity contribution in [3.05, 3.63) is 120 Å². The lowest BCUT2D eigenvalue weighted by Gasteiger charge is -2.08. The Labute approximate surface area is 195 Å². The van der Waals surface area contributed by atoms with E-state index in [1.807, 2.05) is 100 Å². The summed E-state index contributed by atoms with van der Waals surface area (Å²) in [7, 11) is 0. The monoisotopic (exact) mass is 444 g/mol. The van der Waals surface area contributed by atoms with Gasteiger partial charge >= 0.3 is 0 Å². The Morgan fingerprint density at radius 3 is 2.24 bits per heavy atom. The number of hydrogen-bond acceptors (Lipinski definition) is 4. The van der Waals surface area contributed by atoms with Crippen LogP contribution in [-0.2, 0) is 6.67 Å². The van der Waals surface area contributed by atoms with Gasteiger partial charge in [0.15, 0.2) is 0 Å². The van der Waals surface area contributed by atoms with Gasteiger partial charge in [-0.25, -0.2) is 14.2 Å². The van der Waals surface area contributed by atoms with Crippen LogP contribution in [0.4, 0.5) is 0 Å². The average molecular weight is 444 g/mol. The molecule has 0 saturated heterocycles. The molecule has 0 aliphatic carbocycles. The maximum absolute atomic E-state index is 12.7. The van der Waals surface area contributed by atoms with Crippen molar-refractivity contribution >= 4 is 5.52 Å². The topological polar surface area (TPSA) is 70.0 Å². The molecule has 0 radical (unpaired) electrons. The van der Waals surface area contributed by atoms with Gasteiger partial charge in [-0.2, -0.15) is 10.2 Å². The molecule has 0 saturated carbocycles. The summed E-state index contributed by atoms with van der Waals surface area (Å²) < 4.78 is 5.15. The van der Waals surface area contributed by atoms with Crippen LogP contribution in [0.3, 0.4) is 0 Å². The maximum atomic E-state index is 12.7. The largest absolute Gasteiger partial charge is 0.317 e. The highest BCUT2D eigenvalue weighted by Gasteiger charge is 2.18. The number of nitrogens with zero attached hydrogens (tertiary/aromatic N) is 6. The highest BCUT2D eigenvalue weighted by Crippen LogP contribution is 2.33. The second kappa shape index (κ2) is 8.29. The van der Waals surface area contributed by atoms with Gasteiger partial charge in [-0.15, -0.1) is 0 Å². The molecule has 4 heterocycles. The third kappa shape index (κ3) is 3.59. The van der Waals surface area contributed by atoms with Crippen molar-refractivity contribution in [3.63, 3.8) is 0 Å². The van der Waals surface area contributed by atoms with Crippen molar-refractivity contribution in [2.75, 3.05) is 0 Å². The standard InChI is InChI=1S/C27H20N6O/c34-25-15-14-22(29-33(25)19-31-17-23(28-18-31)20-9-3-1-4-10-20)26-24-13-7-8-16-32(24)30-27(26)21-11-5-2-6-12-21/h1-18H,19H2. The fourth-order valence-electron chi connectivity index (χ4n) is 4.08. The molecule has 0 spiro atoms. The number of hydrogen-bond donors (Lipinski definition) is 0. The van der Waals surface area contributed by atoms with Crippen LogP contribution in [0, 0.1) is 0 Å². The molecule has 0 bridgehead atoms. The molecule has 0 aliphatic rings. The van der Waals surface area contributed by atoms with Gasteiger partial charge in [0, 0.05) is 29.6 Å². The Morgan fingerprint density at radius 2 is 1.44 bits per heavy atom. The molecule has 4 aromatic heterocycles. The fourth-order valence-corrected chi connectivity index (χ4v) is 4.08. The molecule has 34 heavy (non-hydrogen) atoms. The van der Waals surface area contributed by atoms with Gasteiger partial charge in [0.2, 0.25) is 0 Å². The van der Waals surface area contributed by atoms with Crippen LogP contribution in [0.5, 0.6) is 0 Å². The molecule has 6 rings (SSSR count). The number of rotatable bonds is 5. The van der Waals surface area contributed by atoms with E-state index in [1.165, 1.54) is 4.68 Å². The molecule has 0 N–H and O–H groups in total. The zero-order valence-electron chi connectivity index (χ0n) is 18.2. The summed E-state index contributed by atoms with van der Waals surface area (Å²) in [5.74, 6) is 0. The summed E-state index contributed by atoms with van der Waals surface area (Å²) >= 11 is 0. The lowest BCUT2D eigenvalue weighted by molar-refractivity contribution is 0.522. The van der Waals surface area contributed by atoms with E-state index in [0.29, 0.717) is 5.69 Å². The van der Waals surface area contributed by atoms with Crippen LogP contribution in [0.1, 0.15) is 0 Å². The summed E-state index contributed by atoms with van der Waals surface area (Å²) in [6, 6.07) is 29.2. The average Bonchev–Trinajstić information content (AvgIpc) is 3.51. The molecule has 7 nitrogen and oxygen atoms in total. The van der Waals surface area contributed by atoms with Crippen molar-refractivity contribution in [1.29, 1.82) is 0 Å². The van der Waals surface area contributed by atoms with E-state index in [0.717, 1.165) is 33.6 Å². The third-order valence-electron chi connectivity index (χ3n) is 5.71. The molecule has 164 valence electrons. The van der Waals surface area contributed by atoms with Crippen molar-refractivity contribution in [1.82, 2.24) is 28.9 Å². The number of aromatic nitrogens is 6. The van der Waals surface area contributed by atoms with Crippen LogP contribution in [-0.4, -0.2) is 28.9 Å². The second-order valence-corrected chi connectivity index (χ2v) is 7.96. The summed E-state index contributed by atoms with van der Waals surface area (Å²) in [5.41, 5.74) is 5.98. The SMILES string of the molecule is O=c1ccc(-c2c(-c3ccccc3)nn3ccccc23)nn1Cn1cnc(-c2ccccc2)c1. The highest BCUT2D eigenvalue weighted by molar-refractivity contribution is 5.90. The third-order valence-corrected chi connectivity index (χ3v) is 5.71. The Hall–Kier alpha value is -4.78. The van der Waals surface area contributed by atoms with Crippen LogP contribution in [0.25, 0.3) is 39.3 Å². The van der Waals surface area contributed by atoms with E-state index in [1.54, 1.807) is 18.5 Å². The Kier molecular flexibility index (Phi) is 4.85. The van der Waals surface area contributed by atoms with Gasteiger partial charge in [-0.05, 0) is 18.2 Å². The van der Waals surface area contributed by atoms with E-state index >= 15 is 0 Å². The van der Waals surface area contributed by atoms with Crippen LogP contribution < -0.4 is 5.56 Å². The fraction of sp³-hybridized carbons (Fsp3) is 0.0370. The smallest absolute Gasteiger partial charge is 0.268 e. The minimum atomic E-state index is -0.184. The lowest BCUT2D eigenvalue weighted by Crippen LogP contribution is -2.25. The minimum Gasteiger partial charge on any atom is -0.317 e. The first-order valence-corrected chi connectivity index (χ1v) is 10.9. The molecule has 0 amide bonds. The van der Waals surface area contributed by atoms with E-state index in [9.17, 15) is 4.79 Å². The predicted molar refractivity (Wildman–Crippen MR) is 131 cm³/mol. The maximum Gasteiger partial charge on any atom is 0.268 e. The van der Waals surface area contributed by atoms with Crippen LogP contribution in [0.15, 0.2) is 115 Å². The van der Waals surface area contributed by atoms with Gasteiger partial charge in [0.05, 0.1) is 28.8 Å². The van der Waals surface area contributed by atoms with Crippen LogP contribution >= 0.6 is 0 Å². The van der Waals surface area contributed by atoms with E-state index < -0.39 is 0 Å². The zero-order chi connectivity index (χ0) is 22.9. The summed E-state index contributed by atoms with van der Waals surface area (Å²) in [6.07, 6.45) is 5.55. The molecule has 0 unspecified atom stereocenters.